The molecular weight excluding hydrogens is 206 g/mol. The van der Waals surface area contributed by atoms with Gasteiger partial charge in [-0.2, -0.15) is 0 Å². The number of hydrogen-bond acceptors (Lipinski definition) is 1. The Hall–Kier alpha value is -0.820. The molecule has 94 valence electrons. The van der Waals surface area contributed by atoms with Crippen LogP contribution in [0, 0.1) is 5.92 Å². The smallest absolute Gasteiger partial charge is 0.0236 e. The van der Waals surface area contributed by atoms with Gasteiger partial charge < -0.3 is 0 Å². The maximum atomic E-state index is 2.62. The molecule has 1 unspecified atom stereocenters. The fraction of sp³-hybridized carbons (Fsp3) is 0.625. The van der Waals surface area contributed by atoms with Crippen molar-refractivity contribution in [1.29, 1.82) is 0 Å². The van der Waals surface area contributed by atoms with Crippen molar-refractivity contribution in [3.05, 3.63) is 34.9 Å². The van der Waals surface area contributed by atoms with E-state index in [1.54, 1.807) is 16.7 Å². The molecule has 0 spiro atoms. The van der Waals surface area contributed by atoms with Gasteiger partial charge in [-0.25, -0.2) is 0 Å². The normalized spacial score (nSPS) is 17.8. The van der Waals surface area contributed by atoms with Crippen LogP contribution in [0.15, 0.2) is 18.2 Å². The van der Waals surface area contributed by atoms with Gasteiger partial charge in [-0.05, 0) is 35.4 Å². The Labute approximate surface area is 106 Å². The Morgan fingerprint density at radius 3 is 2.82 bits per heavy atom. The van der Waals surface area contributed by atoms with Crippen LogP contribution in [0.25, 0.3) is 0 Å². The van der Waals surface area contributed by atoms with Gasteiger partial charge >= 0.3 is 0 Å². The summed E-state index contributed by atoms with van der Waals surface area (Å²) in [4.78, 5) is 2.62. The summed E-state index contributed by atoms with van der Waals surface area (Å²) < 4.78 is 0. The Bertz CT molecular complexity index is 370. The molecule has 0 aromatic heterocycles. The highest BCUT2D eigenvalue weighted by Crippen LogP contribution is 2.23. The molecule has 1 nitrogen and oxygen atoms in total. The summed E-state index contributed by atoms with van der Waals surface area (Å²) in [5.41, 5.74) is 4.76. The van der Waals surface area contributed by atoms with Crippen LogP contribution in [-0.2, 0) is 19.4 Å². The maximum absolute atomic E-state index is 2.62. The largest absolute Gasteiger partial charge is 0.298 e. The summed E-state index contributed by atoms with van der Waals surface area (Å²) >= 11 is 0. The molecule has 1 aromatic rings. The third kappa shape index (κ3) is 2.90. The molecule has 0 fully saturated rings. The lowest BCUT2D eigenvalue weighted by Gasteiger charge is -2.31. The number of benzene rings is 1. The minimum absolute atomic E-state index is 0.825. The highest BCUT2D eigenvalue weighted by Gasteiger charge is 2.18. The third-order valence-electron chi connectivity index (χ3n) is 4.09. The van der Waals surface area contributed by atoms with Gasteiger partial charge in [-0.1, -0.05) is 45.4 Å². The van der Waals surface area contributed by atoms with Crippen LogP contribution >= 0.6 is 0 Å². The molecule has 0 aliphatic carbocycles. The molecule has 0 amide bonds. The molecule has 1 aliphatic heterocycles. The summed E-state index contributed by atoms with van der Waals surface area (Å²) in [5, 5.41) is 0. The van der Waals surface area contributed by atoms with Crippen molar-refractivity contribution < 1.29 is 0 Å². The van der Waals surface area contributed by atoms with E-state index in [1.807, 2.05) is 0 Å². The van der Waals surface area contributed by atoms with E-state index in [0.717, 1.165) is 12.5 Å². The minimum atomic E-state index is 0.825. The topological polar surface area (TPSA) is 3.24 Å². The van der Waals surface area contributed by atoms with Crippen LogP contribution in [0.4, 0.5) is 0 Å². The third-order valence-corrected chi connectivity index (χ3v) is 4.09. The van der Waals surface area contributed by atoms with E-state index in [4.69, 9.17) is 0 Å². The van der Waals surface area contributed by atoms with Crippen molar-refractivity contribution in [3.8, 4) is 0 Å². The molecule has 0 N–H and O–H groups in total. The highest BCUT2D eigenvalue weighted by atomic mass is 15.1. The Balaban J connectivity index is 2.09. The SMILES string of the molecule is CCc1cccc2c1CCN(CC(C)CC)C2. The monoisotopic (exact) mass is 231 g/mol. The number of fused-ring (bicyclic) bond motifs is 1. The van der Waals surface area contributed by atoms with Gasteiger partial charge in [0.1, 0.15) is 0 Å². The number of rotatable bonds is 4. The molecule has 0 saturated heterocycles. The number of aryl methyl sites for hydroxylation is 1. The lowest BCUT2D eigenvalue weighted by molar-refractivity contribution is 0.217. The molecule has 1 aliphatic rings. The van der Waals surface area contributed by atoms with Crippen LogP contribution in [0.3, 0.4) is 0 Å². The first-order valence-electron chi connectivity index (χ1n) is 7.06. The van der Waals surface area contributed by atoms with Gasteiger partial charge in [0.15, 0.2) is 0 Å². The van der Waals surface area contributed by atoms with E-state index in [0.29, 0.717) is 0 Å². The minimum Gasteiger partial charge on any atom is -0.298 e. The van der Waals surface area contributed by atoms with Gasteiger partial charge in [0.2, 0.25) is 0 Å². The van der Waals surface area contributed by atoms with E-state index in [1.165, 1.54) is 32.4 Å². The first-order chi connectivity index (χ1) is 8.24. The molecule has 0 radical (unpaired) electrons. The second kappa shape index (κ2) is 5.68. The van der Waals surface area contributed by atoms with Crippen molar-refractivity contribution in [1.82, 2.24) is 4.90 Å². The van der Waals surface area contributed by atoms with Crippen LogP contribution in [-0.4, -0.2) is 18.0 Å². The Morgan fingerprint density at radius 1 is 1.29 bits per heavy atom. The van der Waals surface area contributed by atoms with E-state index >= 15 is 0 Å². The molecule has 1 heterocycles. The van der Waals surface area contributed by atoms with E-state index < -0.39 is 0 Å². The summed E-state index contributed by atoms with van der Waals surface area (Å²) in [6.07, 6.45) is 3.71. The quantitative estimate of drug-likeness (QED) is 0.764. The van der Waals surface area contributed by atoms with Gasteiger partial charge in [0.25, 0.3) is 0 Å². The van der Waals surface area contributed by atoms with Crippen LogP contribution in [0.2, 0.25) is 0 Å². The predicted molar refractivity (Wildman–Crippen MR) is 74.3 cm³/mol. The highest BCUT2D eigenvalue weighted by molar-refractivity contribution is 5.37. The number of nitrogens with zero attached hydrogens (tertiary/aromatic N) is 1. The second-order valence-electron chi connectivity index (χ2n) is 5.41. The number of hydrogen-bond donors (Lipinski definition) is 0. The molecule has 1 atom stereocenters. The molecule has 2 rings (SSSR count). The van der Waals surface area contributed by atoms with Crippen molar-refractivity contribution in [2.45, 2.75) is 46.6 Å². The standard InChI is InChI=1S/C16H25N/c1-4-13(3)11-17-10-9-16-14(5-2)7-6-8-15(16)12-17/h6-8,13H,4-5,9-12H2,1-3H3. The zero-order valence-corrected chi connectivity index (χ0v) is 11.5. The van der Waals surface area contributed by atoms with E-state index in [-0.39, 0.29) is 0 Å². The second-order valence-corrected chi connectivity index (χ2v) is 5.41. The van der Waals surface area contributed by atoms with Crippen LogP contribution in [0.1, 0.15) is 43.9 Å². The van der Waals surface area contributed by atoms with Gasteiger partial charge in [-0.3, -0.25) is 4.90 Å². The van der Waals surface area contributed by atoms with Gasteiger partial charge in [0, 0.05) is 19.6 Å². The lowest BCUT2D eigenvalue weighted by atomic mass is 9.93. The van der Waals surface area contributed by atoms with E-state index in [2.05, 4.69) is 43.9 Å². The fourth-order valence-electron chi connectivity index (χ4n) is 2.80. The van der Waals surface area contributed by atoms with Crippen LogP contribution < -0.4 is 0 Å². The maximum Gasteiger partial charge on any atom is 0.0236 e. The Kier molecular flexibility index (Phi) is 4.22. The summed E-state index contributed by atoms with van der Waals surface area (Å²) in [6, 6.07) is 6.84. The summed E-state index contributed by atoms with van der Waals surface area (Å²) in [6.45, 7) is 10.6. The van der Waals surface area contributed by atoms with Crippen molar-refractivity contribution in [2.24, 2.45) is 5.92 Å². The zero-order valence-electron chi connectivity index (χ0n) is 11.5. The average molecular weight is 231 g/mol. The molecule has 1 heteroatoms. The van der Waals surface area contributed by atoms with E-state index in [9.17, 15) is 0 Å². The first kappa shape index (κ1) is 12.6. The molecule has 17 heavy (non-hydrogen) atoms. The molecule has 1 aromatic carbocycles. The van der Waals surface area contributed by atoms with Crippen molar-refractivity contribution >= 4 is 0 Å². The first-order valence-corrected chi connectivity index (χ1v) is 7.06. The van der Waals surface area contributed by atoms with Crippen molar-refractivity contribution in [2.75, 3.05) is 13.1 Å². The molecule has 0 saturated carbocycles. The summed E-state index contributed by atoms with van der Waals surface area (Å²) in [7, 11) is 0. The Morgan fingerprint density at radius 2 is 2.12 bits per heavy atom. The summed E-state index contributed by atoms with van der Waals surface area (Å²) in [5.74, 6) is 0.825. The lowest BCUT2D eigenvalue weighted by Crippen LogP contribution is -2.34. The predicted octanol–water partition coefficient (Wildman–Crippen LogP) is 3.65. The molecule has 0 bridgehead atoms. The molecular formula is C16H25N. The average Bonchev–Trinajstić information content (AvgIpc) is 2.37. The van der Waals surface area contributed by atoms with Crippen molar-refractivity contribution in [3.63, 3.8) is 0 Å². The zero-order chi connectivity index (χ0) is 12.3. The van der Waals surface area contributed by atoms with Gasteiger partial charge in [0.05, 0.1) is 0 Å². The van der Waals surface area contributed by atoms with Crippen LogP contribution in [0.5, 0.6) is 0 Å². The fourth-order valence-corrected chi connectivity index (χ4v) is 2.80. The van der Waals surface area contributed by atoms with Gasteiger partial charge in [-0.15, -0.1) is 0 Å².